The largest absolute Gasteiger partial charge is 0.384 e. The van der Waals surface area contributed by atoms with E-state index in [1.165, 1.54) is 5.56 Å². The van der Waals surface area contributed by atoms with Gasteiger partial charge in [0.1, 0.15) is 0 Å². The molecule has 1 amide bonds. The van der Waals surface area contributed by atoms with Crippen LogP contribution in [0.25, 0.3) is 0 Å². The Morgan fingerprint density at radius 3 is 2.52 bits per heavy atom. The summed E-state index contributed by atoms with van der Waals surface area (Å²) in [5.41, 5.74) is 3.31. The number of ether oxygens (including phenoxy) is 1. The van der Waals surface area contributed by atoms with Crippen LogP contribution in [0.5, 0.6) is 0 Å². The predicted molar refractivity (Wildman–Crippen MR) is 91.1 cm³/mol. The van der Waals surface area contributed by atoms with E-state index < -0.39 is 0 Å². The lowest BCUT2D eigenvalue weighted by Gasteiger charge is -2.31. The SMILES string of the molecule is CCN(C(=O)CCOC)[C@@H](c1ccc(C)cc1)c1cccnc1. The van der Waals surface area contributed by atoms with E-state index in [0.29, 0.717) is 19.6 Å². The molecule has 0 fully saturated rings. The van der Waals surface area contributed by atoms with Gasteiger partial charge in [-0.15, -0.1) is 0 Å². The number of aromatic nitrogens is 1. The molecule has 23 heavy (non-hydrogen) atoms. The number of nitrogens with zero attached hydrogens (tertiary/aromatic N) is 2. The van der Waals surface area contributed by atoms with Crippen molar-refractivity contribution in [3.8, 4) is 0 Å². The molecule has 0 bridgehead atoms. The highest BCUT2D eigenvalue weighted by atomic mass is 16.5. The first-order chi connectivity index (χ1) is 11.2. The van der Waals surface area contributed by atoms with Crippen LogP contribution in [0.4, 0.5) is 0 Å². The van der Waals surface area contributed by atoms with E-state index in [4.69, 9.17) is 4.74 Å². The van der Waals surface area contributed by atoms with Crippen LogP contribution in [0.1, 0.15) is 36.1 Å². The highest BCUT2D eigenvalue weighted by molar-refractivity contribution is 5.77. The predicted octanol–water partition coefficient (Wildman–Crippen LogP) is 3.36. The molecule has 0 unspecified atom stereocenters. The number of hydrogen-bond acceptors (Lipinski definition) is 3. The zero-order valence-corrected chi connectivity index (χ0v) is 14.0. The van der Waals surface area contributed by atoms with Gasteiger partial charge < -0.3 is 9.64 Å². The first-order valence-corrected chi connectivity index (χ1v) is 7.92. The summed E-state index contributed by atoms with van der Waals surface area (Å²) >= 11 is 0. The zero-order valence-electron chi connectivity index (χ0n) is 14.0. The van der Waals surface area contributed by atoms with Crippen LogP contribution < -0.4 is 0 Å². The number of carbonyl (C=O) groups excluding carboxylic acids is 1. The molecule has 0 spiro atoms. The molecule has 4 heteroatoms. The molecule has 0 aliphatic rings. The second-order valence-electron chi connectivity index (χ2n) is 5.52. The van der Waals surface area contributed by atoms with Crippen LogP contribution >= 0.6 is 0 Å². The Labute approximate surface area is 138 Å². The van der Waals surface area contributed by atoms with E-state index in [1.54, 1.807) is 13.3 Å². The van der Waals surface area contributed by atoms with E-state index in [-0.39, 0.29) is 11.9 Å². The maximum Gasteiger partial charge on any atom is 0.225 e. The summed E-state index contributed by atoms with van der Waals surface area (Å²) in [6, 6.07) is 12.1. The van der Waals surface area contributed by atoms with Crippen LogP contribution in [0.3, 0.4) is 0 Å². The topological polar surface area (TPSA) is 42.4 Å². The van der Waals surface area contributed by atoms with Crippen molar-refractivity contribution in [1.82, 2.24) is 9.88 Å². The van der Waals surface area contributed by atoms with Gasteiger partial charge in [-0.3, -0.25) is 9.78 Å². The van der Waals surface area contributed by atoms with Crippen molar-refractivity contribution >= 4 is 5.91 Å². The number of benzene rings is 1. The third-order valence-electron chi connectivity index (χ3n) is 3.89. The number of hydrogen-bond donors (Lipinski definition) is 0. The minimum atomic E-state index is -0.126. The van der Waals surface area contributed by atoms with Gasteiger partial charge >= 0.3 is 0 Å². The standard InChI is InChI=1S/C19H24N2O2/c1-4-21(18(22)11-13-23-3)19(17-6-5-12-20-14-17)16-9-7-15(2)8-10-16/h5-10,12,14,19H,4,11,13H2,1-3H3/t19-/m0/s1. The van der Waals surface area contributed by atoms with Gasteiger partial charge in [0.2, 0.25) is 5.91 Å². The highest BCUT2D eigenvalue weighted by Gasteiger charge is 2.25. The van der Waals surface area contributed by atoms with Crippen molar-refractivity contribution in [3.63, 3.8) is 0 Å². The van der Waals surface area contributed by atoms with Gasteiger partial charge in [-0.05, 0) is 31.0 Å². The van der Waals surface area contributed by atoms with E-state index in [1.807, 2.05) is 30.2 Å². The van der Waals surface area contributed by atoms with Gasteiger partial charge in [0.15, 0.2) is 0 Å². The average molecular weight is 312 g/mol. The van der Waals surface area contributed by atoms with Crippen molar-refractivity contribution in [1.29, 1.82) is 0 Å². The molecular weight excluding hydrogens is 288 g/mol. The van der Waals surface area contributed by atoms with E-state index in [2.05, 4.69) is 36.2 Å². The smallest absolute Gasteiger partial charge is 0.225 e. The maximum absolute atomic E-state index is 12.6. The third-order valence-corrected chi connectivity index (χ3v) is 3.89. The Hall–Kier alpha value is -2.20. The molecule has 122 valence electrons. The molecule has 4 nitrogen and oxygen atoms in total. The van der Waals surface area contributed by atoms with Crippen LogP contribution in [0, 0.1) is 6.92 Å². The second-order valence-corrected chi connectivity index (χ2v) is 5.52. The summed E-state index contributed by atoms with van der Waals surface area (Å²) in [4.78, 5) is 18.7. The fraction of sp³-hybridized carbons (Fsp3) is 0.368. The Morgan fingerprint density at radius 2 is 1.96 bits per heavy atom. The summed E-state index contributed by atoms with van der Waals surface area (Å²) in [5, 5.41) is 0. The lowest BCUT2D eigenvalue weighted by Crippen LogP contribution is -2.36. The van der Waals surface area contributed by atoms with Crippen molar-refractivity contribution in [2.75, 3.05) is 20.3 Å². The fourth-order valence-corrected chi connectivity index (χ4v) is 2.67. The molecular formula is C19H24N2O2. The van der Waals surface area contributed by atoms with E-state index in [9.17, 15) is 4.79 Å². The van der Waals surface area contributed by atoms with Gasteiger partial charge in [0, 0.05) is 26.0 Å². The number of amides is 1. The van der Waals surface area contributed by atoms with Crippen LogP contribution in [-0.2, 0) is 9.53 Å². The Balaban J connectivity index is 2.39. The van der Waals surface area contributed by atoms with Crippen LogP contribution in [-0.4, -0.2) is 36.1 Å². The van der Waals surface area contributed by atoms with E-state index >= 15 is 0 Å². The van der Waals surface area contributed by atoms with Gasteiger partial charge in [-0.25, -0.2) is 0 Å². The molecule has 2 aromatic rings. The highest BCUT2D eigenvalue weighted by Crippen LogP contribution is 2.29. The summed E-state index contributed by atoms with van der Waals surface area (Å²) in [6.45, 7) is 5.13. The van der Waals surface area contributed by atoms with E-state index in [0.717, 1.165) is 11.1 Å². The first-order valence-electron chi connectivity index (χ1n) is 7.92. The van der Waals surface area contributed by atoms with Crippen LogP contribution in [0.2, 0.25) is 0 Å². The number of rotatable bonds is 7. The molecule has 0 radical (unpaired) electrons. The molecule has 0 saturated carbocycles. The minimum Gasteiger partial charge on any atom is -0.384 e. The van der Waals surface area contributed by atoms with Crippen LogP contribution in [0.15, 0.2) is 48.8 Å². The Kier molecular flexibility index (Phi) is 6.29. The molecule has 1 aromatic carbocycles. The summed E-state index contributed by atoms with van der Waals surface area (Å²) < 4.78 is 5.05. The lowest BCUT2D eigenvalue weighted by atomic mass is 9.97. The molecule has 0 N–H and O–H groups in total. The zero-order chi connectivity index (χ0) is 16.7. The second kappa shape index (κ2) is 8.44. The monoisotopic (exact) mass is 312 g/mol. The Morgan fingerprint density at radius 1 is 1.22 bits per heavy atom. The lowest BCUT2D eigenvalue weighted by molar-refractivity contribution is -0.133. The van der Waals surface area contributed by atoms with Crippen molar-refractivity contribution in [3.05, 3.63) is 65.5 Å². The maximum atomic E-state index is 12.6. The van der Waals surface area contributed by atoms with Crippen molar-refractivity contribution in [2.24, 2.45) is 0 Å². The molecule has 0 aliphatic carbocycles. The molecule has 0 aliphatic heterocycles. The summed E-state index contributed by atoms with van der Waals surface area (Å²) in [6.07, 6.45) is 3.96. The minimum absolute atomic E-state index is 0.0868. The summed E-state index contributed by atoms with van der Waals surface area (Å²) in [5.74, 6) is 0.0868. The number of methoxy groups -OCH3 is 1. The number of aryl methyl sites for hydroxylation is 1. The van der Waals surface area contributed by atoms with Crippen molar-refractivity contribution in [2.45, 2.75) is 26.3 Å². The molecule has 0 saturated heterocycles. The third kappa shape index (κ3) is 4.39. The quantitative estimate of drug-likeness (QED) is 0.787. The molecule has 1 atom stereocenters. The van der Waals surface area contributed by atoms with Gasteiger partial charge in [0.25, 0.3) is 0 Å². The fourth-order valence-electron chi connectivity index (χ4n) is 2.67. The normalized spacial score (nSPS) is 12.0. The van der Waals surface area contributed by atoms with Crippen molar-refractivity contribution < 1.29 is 9.53 Å². The van der Waals surface area contributed by atoms with Gasteiger partial charge in [-0.2, -0.15) is 0 Å². The van der Waals surface area contributed by atoms with Gasteiger partial charge in [0.05, 0.1) is 19.1 Å². The Bertz CT molecular complexity index is 611. The summed E-state index contributed by atoms with van der Waals surface area (Å²) in [7, 11) is 1.61. The van der Waals surface area contributed by atoms with Gasteiger partial charge in [-0.1, -0.05) is 35.9 Å². The molecule has 2 rings (SSSR count). The molecule has 1 heterocycles. The average Bonchev–Trinajstić information content (AvgIpc) is 2.59. The molecule has 1 aromatic heterocycles. The number of pyridine rings is 1. The first kappa shape index (κ1) is 17.2. The number of carbonyl (C=O) groups is 1.